The first-order valence-corrected chi connectivity index (χ1v) is 11.9. The van der Waals surface area contributed by atoms with E-state index in [1.165, 1.54) is 29.9 Å². The zero-order chi connectivity index (χ0) is 19.2. The van der Waals surface area contributed by atoms with Gasteiger partial charge < -0.3 is 10.1 Å². The summed E-state index contributed by atoms with van der Waals surface area (Å²) in [6, 6.07) is 7.78. The molecule has 0 radical (unpaired) electrons. The Kier molecular flexibility index (Phi) is 7.53. The van der Waals surface area contributed by atoms with Gasteiger partial charge in [-0.1, -0.05) is 38.8 Å². The summed E-state index contributed by atoms with van der Waals surface area (Å²) in [4.78, 5) is 24.4. The van der Waals surface area contributed by atoms with Gasteiger partial charge in [0.15, 0.2) is 6.61 Å². The van der Waals surface area contributed by atoms with E-state index in [1.807, 2.05) is 35.7 Å². The number of thioether (sulfide) groups is 2. The molecule has 1 aromatic carbocycles. The quantitative estimate of drug-likeness (QED) is 0.720. The highest BCUT2D eigenvalue weighted by Crippen LogP contribution is 2.43. The van der Waals surface area contributed by atoms with Gasteiger partial charge in [0.05, 0.1) is 10.1 Å². The Morgan fingerprint density at radius 2 is 1.78 bits per heavy atom. The number of carbonyl (C=O) groups is 2. The minimum Gasteiger partial charge on any atom is -0.452 e. The second kappa shape index (κ2) is 9.87. The van der Waals surface area contributed by atoms with Crippen LogP contribution in [-0.2, 0) is 9.53 Å². The highest BCUT2D eigenvalue weighted by Gasteiger charge is 2.28. The van der Waals surface area contributed by atoms with Gasteiger partial charge in [0.2, 0.25) is 0 Å². The molecular weight excluding hydrogens is 378 g/mol. The minimum atomic E-state index is -0.439. The summed E-state index contributed by atoms with van der Waals surface area (Å²) in [7, 11) is 0. The third kappa shape index (κ3) is 5.67. The van der Waals surface area contributed by atoms with E-state index in [0.29, 0.717) is 22.0 Å². The maximum Gasteiger partial charge on any atom is 0.338 e. The number of hydrogen-bond donors (Lipinski definition) is 1. The van der Waals surface area contributed by atoms with Crippen molar-refractivity contribution in [3.05, 3.63) is 35.4 Å². The minimum absolute atomic E-state index is 0.185. The molecule has 1 heterocycles. The molecule has 1 N–H and O–H groups in total. The van der Waals surface area contributed by atoms with E-state index in [1.54, 1.807) is 12.1 Å². The topological polar surface area (TPSA) is 55.4 Å². The van der Waals surface area contributed by atoms with Gasteiger partial charge in [0, 0.05) is 6.04 Å². The fourth-order valence-corrected chi connectivity index (χ4v) is 6.60. The van der Waals surface area contributed by atoms with Crippen molar-refractivity contribution in [2.24, 2.45) is 11.8 Å². The number of nitrogens with one attached hydrogen (secondary N) is 1. The predicted molar refractivity (Wildman–Crippen MR) is 113 cm³/mol. The van der Waals surface area contributed by atoms with Gasteiger partial charge in [-0.2, -0.15) is 0 Å². The second-order valence-electron chi connectivity index (χ2n) is 7.57. The molecule has 1 amide bonds. The Bertz CT molecular complexity index is 643. The van der Waals surface area contributed by atoms with Crippen LogP contribution in [0, 0.1) is 11.8 Å². The van der Waals surface area contributed by atoms with Gasteiger partial charge >= 0.3 is 5.97 Å². The van der Waals surface area contributed by atoms with Crippen molar-refractivity contribution >= 4 is 35.4 Å². The molecule has 27 heavy (non-hydrogen) atoms. The molecule has 1 saturated heterocycles. The second-order valence-corrected chi connectivity index (χ2v) is 10.3. The highest BCUT2D eigenvalue weighted by atomic mass is 32.2. The van der Waals surface area contributed by atoms with E-state index >= 15 is 0 Å². The van der Waals surface area contributed by atoms with Crippen LogP contribution in [0.5, 0.6) is 0 Å². The van der Waals surface area contributed by atoms with Crippen molar-refractivity contribution < 1.29 is 14.3 Å². The first-order valence-electron chi connectivity index (χ1n) is 9.84. The van der Waals surface area contributed by atoms with Gasteiger partial charge in [-0.05, 0) is 53.9 Å². The third-order valence-corrected chi connectivity index (χ3v) is 8.65. The Balaban J connectivity index is 1.46. The molecule has 3 rings (SSSR count). The van der Waals surface area contributed by atoms with Gasteiger partial charge in [0.1, 0.15) is 0 Å². The van der Waals surface area contributed by atoms with Crippen LogP contribution < -0.4 is 5.32 Å². The number of benzene rings is 1. The van der Waals surface area contributed by atoms with E-state index < -0.39 is 5.97 Å². The van der Waals surface area contributed by atoms with Crippen molar-refractivity contribution in [2.45, 2.75) is 50.2 Å². The van der Waals surface area contributed by atoms with Gasteiger partial charge in [-0.15, -0.1) is 23.5 Å². The van der Waals surface area contributed by atoms with Crippen LogP contribution in [-0.4, -0.2) is 36.0 Å². The Morgan fingerprint density at radius 1 is 1.07 bits per heavy atom. The lowest BCUT2D eigenvalue weighted by molar-refractivity contribution is -0.125. The zero-order valence-electron chi connectivity index (χ0n) is 16.1. The zero-order valence-corrected chi connectivity index (χ0v) is 17.7. The molecule has 0 spiro atoms. The lowest BCUT2D eigenvalue weighted by Crippen LogP contribution is -2.45. The van der Waals surface area contributed by atoms with Crippen molar-refractivity contribution in [2.75, 3.05) is 18.1 Å². The summed E-state index contributed by atoms with van der Waals surface area (Å²) in [5, 5.41) is 3.04. The smallest absolute Gasteiger partial charge is 0.338 e. The van der Waals surface area contributed by atoms with Crippen molar-refractivity contribution in [1.82, 2.24) is 5.32 Å². The number of carbonyl (C=O) groups excluding carboxylic acids is 2. The molecule has 148 valence electrons. The lowest BCUT2D eigenvalue weighted by atomic mass is 9.78. The standard InChI is InChI=1S/C21H29NO3S2/c1-14-5-3-6-18(15(14)2)22-19(23)13-25-20(24)16-7-9-17(10-8-16)21-26-11-4-12-27-21/h7-10,14-15,18,21H,3-6,11-13H2,1-2H3,(H,22,23)/t14-,15-,18+/m1/s1. The summed E-state index contributed by atoms with van der Waals surface area (Å²) >= 11 is 3.91. The first kappa shape index (κ1) is 20.6. The monoisotopic (exact) mass is 407 g/mol. The van der Waals surface area contributed by atoms with E-state index in [0.717, 1.165) is 12.8 Å². The van der Waals surface area contributed by atoms with E-state index in [9.17, 15) is 9.59 Å². The Labute approximate surface area is 170 Å². The van der Waals surface area contributed by atoms with Crippen molar-refractivity contribution in [1.29, 1.82) is 0 Å². The SMILES string of the molecule is C[C@@H]1[C@H](C)CCC[C@@H]1NC(=O)COC(=O)c1ccc(C2SCCCS2)cc1. The maximum atomic E-state index is 12.2. The number of amides is 1. The van der Waals surface area contributed by atoms with Gasteiger partial charge in [0.25, 0.3) is 5.91 Å². The predicted octanol–water partition coefficient (Wildman–Crippen LogP) is 4.65. The maximum absolute atomic E-state index is 12.2. The fourth-order valence-electron chi connectivity index (χ4n) is 3.71. The molecule has 0 aromatic heterocycles. The van der Waals surface area contributed by atoms with Crippen LogP contribution in [0.1, 0.15) is 60.0 Å². The van der Waals surface area contributed by atoms with Crippen molar-refractivity contribution in [3.63, 3.8) is 0 Å². The first-order chi connectivity index (χ1) is 13.0. The van der Waals surface area contributed by atoms with Crippen LogP contribution in [0.3, 0.4) is 0 Å². The molecule has 2 fully saturated rings. The molecule has 1 aliphatic carbocycles. The van der Waals surface area contributed by atoms with Crippen LogP contribution >= 0.6 is 23.5 Å². The fraction of sp³-hybridized carbons (Fsp3) is 0.619. The average Bonchev–Trinajstić information content (AvgIpc) is 2.70. The van der Waals surface area contributed by atoms with Crippen molar-refractivity contribution in [3.8, 4) is 0 Å². The molecule has 1 aromatic rings. The molecule has 2 aliphatic rings. The summed E-state index contributed by atoms with van der Waals surface area (Å²) in [5.41, 5.74) is 1.73. The molecule has 4 nitrogen and oxygen atoms in total. The summed E-state index contributed by atoms with van der Waals surface area (Å²) in [5.74, 6) is 2.81. The number of esters is 1. The van der Waals surface area contributed by atoms with Crippen LogP contribution in [0.25, 0.3) is 0 Å². The molecule has 1 aliphatic heterocycles. The van der Waals surface area contributed by atoms with Crippen LogP contribution in [0.15, 0.2) is 24.3 Å². The van der Waals surface area contributed by atoms with Gasteiger partial charge in [-0.25, -0.2) is 4.79 Å². The Morgan fingerprint density at radius 3 is 2.48 bits per heavy atom. The molecule has 0 unspecified atom stereocenters. The van der Waals surface area contributed by atoms with E-state index in [4.69, 9.17) is 4.74 Å². The number of rotatable bonds is 5. The van der Waals surface area contributed by atoms with E-state index in [-0.39, 0.29) is 18.6 Å². The van der Waals surface area contributed by atoms with E-state index in [2.05, 4.69) is 19.2 Å². The highest BCUT2D eigenvalue weighted by molar-refractivity contribution is 8.16. The van der Waals surface area contributed by atoms with Crippen LogP contribution in [0.4, 0.5) is 0 Å². The summed E-state index contributed by atoms with van der Waals surface area (Å²) < 4.78 is 5.67. The molecule has 1 saturated carbocycles. The Hall–Kier alpha value is -1.14. The third-order valence-electron chi connectivity index (χ3n) is 5.63. The lowest BCUT2D eigenvalue weighted by Gasteiger charge is -2.34. The molecule has 6 heteroatoms. The van der Waals surface area contributed by atoms with Crippen LogP contribution in [0.2, 0.25) is 0 Å². The molecular formula is C21H29NO3S2. The summed E-state index contributed by atoms with van der Waals surface area (Å²) in [6.45, 7) is 4.20. The number of hydrogen-bond acceptors (Lipinski definition) is 5. The molecule has 0 bridgehead atoms. The molecule has 3 atom stereocenters. The number of ether oxygens (including phenoxy) is 1. The largest absolute Gasteiger partial charge is 0.452 e. The average molecular weight is 408 g/mol. The van der Waals surface area contributed by atoms with Gasteiger partial charge in [-0.3, -0.25) is 4.79 Å². The summed E-state index contributed by atoms with van der Waals surface area (Å²) in [6.07, 6.45) is 4.62. The normalized spacial score (nSPS) is 26.4.